The molecule has 13 heteroatoms. The first-order valence-electron chi connectivity index (χ1n) is 13.5. The molecule has 220 valence electrons. The molecule has 41 heavy (non-hydrogen) atoms. The molecule has 3 N–H and O–H groups in total. The average molecular weight is 622 g/mol. The van der Waals surface area contributed by atoms with E-state index in [-0.39, 0.29) is 17.2 Å². The largest absolute Gasteiger partial charge is 0.434 e. The number of anilines is 2. The van der Waals surface area contributed by atoms with Crippen molar-refractivity contribution in [2.75, 3.05) is 42.3 Å². The highest BCUT2D eigenvalue weighted by Crippen LogP contribution is 2.53. The van der Waals surface area contributed by atoms with E-state index in [0.29, 0.717) is 27.8 Å². The fraction of sp³-hybridized carbons (Fsp3) is 0.429. The molecule has 3 fully saturated rings. The second kappa shape index (κ2) is 11.9. The van der Waals surface area contributed by atoms with Gasteiger partial charge >= 0.3 is 5.97 Å². The van der Waals surface area contributed by atoms with Gasteiger partial charge in [0.1, 0.15) is 11.9 Å². The van der Waals surface area contributed by atoms with Gasteiger partial charge in [-0.1, -0.05) is 48.0 Å². The number of pyridine rings is 1. The number of piperazine rings is 1. The maximum atomic E-state index is 12.9. The minimum absolute atomic E-state index is 0.0767. The normalized spacial score (nSPS) is 24.6. The first kappa shape index (κ1) is 29.8. The molecule has 10 nitrogen and oxygen atoms in total. The molecule has 1 aliphatic carbocycles. The van der Waals surface area contributed by atoms with Crippen LogP contribution in [-0.4, -0.2) is 73.5 Å². The fourth-order valence-corrected chi connectivity index (χ4v) is 7.29. The van der Waals surface area contributed by atoms with Gasteiger partial charge in [-0.05, 0) is 48.9 Å². The van der Waals surface area contributed by atoms with Gasteiger partial charge in [-0.2, -0.15) is 8.42 Å². The van der Waals surface area contributed by atoms with E-state index in [4.69, 9.17) is 33.1 Å². The van der Waals surface area contributed by atoms with Crippen LogP contribution in [0.15, 0.2) is 62.0 Å². The standard InChI is InChI=1S/C28H34Cl2N6O4S/c1-3-20-16-28(20)18-35(26-24(30)15-22(17-32-26)33-41(31,38)39)13-14-36(28)23-9-11-34(12-10-23)25(27(37)40-4-2)19-5-7-21(29)8-6-19/h3-8,15,17,20,23,25,33H,1-2,9-14,16,18H2,(H2,31,38,39)/t20-,25-,28?/m1/s1. The monoisotopic (exact) mass is 620 g/mol. The summed E-state index contributed by atoms with van der Waals surface area (Å²) in [6.07, 6.45) is 7.44. The molecule has 1 saturated carbocycles. The van der Waals surface area contributed by atoms with Crippen LogP contribution < -0.4 is 14.8 Å². The number of nitrogens with zero attached hydrogens (tertiary/aromatic N) is 4. The van der Waals surface area contributed by atoms with E-state index in [1.807, 2.05) is 18.2 Å². The molecule has 1 aromatic carbocycles. The molecule has 3 atom stereocenters. The summed E-state index contributed by atoms with van der Waals surface area (Å²) < 4.78 is 30.2. The number of rotatable bonds is 9. The van der Waals surface area contributed by atoms with Gasteiger partial charge in [-0.15, -0.1) is 6.58 Å². The molecule has 2 aliphatic heterocycles. The van der Waals surface area contributed by atoms with Crippen LogP contribution in [0.3, 0.4) is 0 Å². The Hall–Kier alpha value is -2.67. The lowest BCUT2D eigenvalue weighted by atomic mass is 9.94. The van der Waals surface area contributed by atoms with Crippen molar-refractivity contribution in [3.63, 3.8) is 0 Å². The molecule has 0 bridgehead atoms. The summed E-state index contributed by atoms with van der Waals surface area (Å²) in [7, 11) is -3.92. The quantitative estimate of drug-likeness (QED) is 0.245. The third-order valence-corrected chi connectivity index (χ3v) is 9.38. The SMILES string of the molecule is C=COC(=O)[C@@H](c1ccc(Cl)cc1)N1CCC(N2CCN(c3ncc(NS(N)(=O)=O)cc3Cl)CC23C[C@H]3C=C)CC1. The van der Waals surface area contributed by atoms with E-state index in [0.717, 1.165) is 57.5 Å². The minimum Gasteiger partial charge on any atom is -0.434 e. The summed E-state index contributed by atoms with van der Waals surface area (Å²) in [6.45, 7) is 11.4. The maximum Gasteiger partial charge on any atom is 0.332 e. The van der Waals surface area contributed by atoms with E-state index in [2.05, 4.69) is 37.6 Å². The van der Waals surface area contributed by atoms with Crippen LogP contribution in [0.5, 0.6) is 0 Å². The van der Waals surface area contributed by atoms with Crippen molar-refractivity contribution in [1.82, 2.24) is 14.8 Å². The molecule has 0 radical (unpaired) electrons. The van der Waals surface area contributed by atoms with Crippen molar-refractivity contribution in [1.29, 1.82) is 0 Å². The zero-order valence-corrected chi connectivity index (χ0v) is 24.9. The predicted molar refractivity (Wildman–Crippen MR) is 161 cm³/mol. The molecular weight excluding hydrogens is 587 g/mol. The van der Waals surface area contributed by atoms with Gasteiger partial charge in [0, 0.05) is 49.3 Å². The van der Waals surface area contributed by atoms with Crippen LogP contribution in [-0.2, 0) is 19.7 Å². The Balaban J connectivity index is 1.29. The zero-order chi connectivity index (χ0) is 29.4. The second-order valence-electron chi connectivity index (χ2n) is 10.8. The number of carbonyl (C=O) groups is 1. The van der Waals surface area contributed by atoms with E-state index in [1.165, 1.54) is 18.5 Å². The molecule has 5 rings (SSSR count). The van der Waals surface area contributed by atoms with Crippen molar-refractivity contribution in [3.05, 3.63) is 77.6 Å². The molecule has 3 aliphatic rings. The van der Waals surface area contributed by atoms with Crippen LogP contribution >= 0.6 is 23.2 Å². The Morgan fingerprint density at radius 1 is 1.17 bits per heavy atom. The lowest BCUT2D eigenvalue weighted by molar-refractivity contribution is -0.145. The highest BCUT2D eigenvalue weighted by molar-refractivity contribution is 7.90. The Morgan fingerprint density at radius 2 is 1.88 bits per heavy atom. The topological polar surface area (TPSA) is 121 Å². The number of hydrogen-bond acceptors (Lipinski definition) is 8. The molecule has 1 aromatic heterocycles. The fourth-order valence-electron chi connectivity index (χ4n) is 6.44. The zero-order valence-electron chi connectivity index (χ0n) is 22.6. The van der Waals surface area contributed by atoms with Gasteiger partial charge in [-0.3, -0.25) is 14.5 Å². The number of nitrogens with two attached hydrogens (primary N) is 1. The lowest BCUT2D eigenvalue weighted by Crippen LogP contribution is -2.61. The predicted octanol–water partition coefficient (Wildman–Crippen LogP) is 3.96. The molecular formula is C28H34Cl2N6O4S. The van der Waals surface area contributed by atoms with Crippen molar-refractivity contribution < 1.29 is 17.9 Å². The number of aromatic nitrogens is 1. The summed E-state index contributed by atoms with van der Waals surface area (Å²) in [5.74, 6) is 0.603. The van der Waals surface area contributed by atoms with Gasteiger partial charge in [0.15, 0.2) is 0 Å². The summed E-state index contributed by atoms with van der Waals surface area (Å²) in [4.78, 5) is 24.4. The third-order valence-electron chi connectivity index (χ3n) is 8.33. The number of esters is 1. The number of carbonyl (C=O) groups excluding carboxylic acids is 1. The Kier molecular flexibility index (Phi) is 8.66. The van der Waals surface area contributed by atoms with E-state index < -0.39 is 16.3 Å². The van der Waals surface area contributed by atoms with Crippen molar-refractivity contribution in [2.24, 2.45) is 11.1 Å². The molecule has 1 unspecified atom stereocenters. The van der Waals surface area contributed by atoms with Crippen molar-refractivity contribution >= 4 is 50.9 Å². The highest BCUT2D eigenvalue weighted by atomic mass is 35.5. The Morgan fingerprint density at radius 3 is 2.46 bits per heavy atom. The Bertz CT molecular complexity index is 1420. The Labute approximate surface area is 250 Å². The summed E-state index contributed by atoms with van der Waals surface area (Å²) >= 11 is 12.6. The molecule has 2 aromatic rings. The number of ether oxygens (including phenoxy) is 1. The summed E-state index contributed by atoms with van der Waals surface area (Å²) in [5, 5.41) is 6.04. The minimum atomic E-state index is -3.92. The van der Waals surface area contributed by atoms with Crippen LogP contribution in [0.2, 0.25) is 10.0 Å². The molecule has 3 heterocycles. The van der Waals surface area contributed by atoms with Gasteiger partial charge in [0.2, 0.25) is 0 Å². The van der Waals surface area contributed by atoms with Crippen LogP contribution in [0.25, 0.3) is 0 Å². The van der Waals surface area contributed by atoms with Gasteiger partial charge in [-0.25, -0.2) is 14.9 Å². The number of piperidine rings is 1. The van der Waals surface area contributed by atoms with Crippen LogP contribution in [0.1, 0.15) is 30.9 Å². The summed E-state index contributed by atoms with van der Waals surface area (Å²) in [6, 6.07) is 8.66. The van der Waals surface area contributed by atoms with Crippen LogP contribution in [0.4, 0.5) is 11.5 Å². The van der Waals surface area contributed by atoms with Gasteiger partial charge in [0.25, 0.3) is 10.2 Å². The van der Waals surface area contributed by atoms with Gasteiger partial charge in [0.05, 0.1) is 23.2 Å². The number of nitrogens with one attached hydrogen (secondary N) is 1. The number of likely N-dealkylation sites (tertiary alicyclic amines) is 1. The average Bonchev–Trinajstić information content (AvgIpc) is 3.62. The van der Waals surface area contributed by atoms with Crippen molar-refractivity contribution in [2.45, 2.75) is 36.9 Å². The molecule has 1 spiro atoms. The van der Waals surface area contributed by atoms with Gasteiger partial charge < -0.3 is 9.64 Å². The third kappa shape index (κ3) is 6.40. The lowest BCUT2D eigenvalue weighted by Gasteiger charge is -2.49. The van der Waals surface area contributed by atoms with E-state index >= 15 is 0 Å². The highest BCUT2D eigenvalue weighted by Gasteiger charge is 2.60. The number of benzene rings is 1. The molecule has 2 saturated heterocycles. The number of halogens is 2. The first-order valence-corrected chi connectivity index (χ1v) is 15.8. The number of hydrogen-bond donors (Lipinski definition) is 2. The second-order valence-corrected chi connectivity index (χ2v) is 12.9. The first-order chi connectivity index (χ1) is 19.5. The maximum absolute atomic E-state index is 12.9. The molecule has 0 amide bonds. The smallest absolute Gasteiger partial charge is 0.332 e. The van der Waals surface area contributed by atoms with E-state index in [9.17, 15) is 13.2 Å². The summed E-state index contributed by atoms with van der Waals surface area (Å²) in [5.41, 5.74) is 0.978. The van der Waals surface area contributed by atoms with Crippen molar-refractivity contribution in [3.8, 4) is 0 Å². The van der Waals surface area contributed by atoms with E-state index in [1.54, 1.807) is 12.1 Å². The van der Waals surface area contributed by atoms with Crippen LogP contribution in [0, 0.1) is 5.92 Å².